The van der Waals surface area contributed by atoms with E-state index in [1.165, 1.54) is 140 Å². The summed E-state index contributed by atoms with van der Waals surface area (Å²) in [5.74, 6) is 0.930. The normalized spacial score (nSPS) is 10.3. The number of unbranched alkanes of at least 4 members (excludes halogenated alkanes) is 2. The zero-order valence-corrected chi connectivity index (χ0v) is 46.2. The maximum absolute atomic E-state index is 2.32. The van der Waals surface area contributed by atoms with Gasteiger partial charge in [0.2, 0.25) is 0 Å². The van der Waals surface area contributed by atoms with Gasteiger partial charge in [-0.25, -0.2) is 0 Å². The lowest BCUT2D eigenvalue weighted by Gasteiger charge is -2.21. The molecule has 6 aromatic rings. The first-order valence-electron chi connectivity index (χ1n) is 25.7. The van der Waals surface area contributed by atoms with Crippen molar-refractivity contribution in [2.45, 2.75) is 202 Å². The monoisotopic (exact) mass is 889 g/mol. The van der Waals surface area contributed by atoms with E-state index >= 15 is 0 Å². The molecule has 0 amide bonds. The van der Waals surface area contributed by atoms with Gasteiger partial charge < -0.3 is 0 Å². The van der Waals surface area contributed by atoms with E-state index in [9.17, 15) is 0 Å². The highest BCUT2D eigenvalue weighted by Gasteiger charge is 2.18. The first-order valence-corrected chi connectivity index (χ1v) is 25.7. The Morgan fingerprint density at radius 3 is 0.576 bits per heavy atom. The van der Waals surface area contributed by atoms with Crippen LogP contribution in [-0.2, 0) is 12.8 Å². The average Bonchev–Trinajstić information content (AvgIpc) is 3.25. The number of hydrogen-bond acceptors (Lipinski definition) is 0. The summed E-state index contributed by atoms with van der Waals surface area (Å²) in [6, 6.07) is 39.4. The molecule has 0 bridgehead atoms. The maximum Gasteiger partial charge on any atom is 0.00714 e. The third kappa shape index (κ3) is 18.9. The van der Waals surface area contributed by atoms with E-state index in [0.717, 1.165) is 0 Å². The van der Waals surface area contributed by atoms with Crippen LogP contribution in [0, 0.1) is 83.1 Å². The van der Waals surface area contributed by atoms with E-state index in [4.69, 9.17) is 0 Å². The van der Waals surface area contributed by atoms with Crippen LogP contribution in [0.25, 0.3) is 0 Å². The average molecular weight is 889 g/mol. The van der Waals surface area contributed by atoms with Crippen LogP contribution in [0.1, 0.15) is 206 Å². The molecule has 0 unspecified atom stereocenters. The van der Waals surface area contributed by atoms with Crippen LogP contribution in [0.15, 0.2) is 109 Å². The Morgan fingerprint density at radius 1 is 0.273 bits per heavy atom. The molecule has 0 spiro atoms. The molecule has 0 fully saturated rings. The molecule has 0 saturated heterocycles. The Balaban J connectivity index is 0.000000429. The van der Waals surface area contributed by atoms with Crippen LogP contribution in [0.5, 0.6) is 0 Å². The summed E-state index contributed by atoms with van der Waals surface area (Å²) in [5, 5.41) is 0. The quantitative estimate of drug-likeness (QED) is 0.129. The van der Waals surface area contributed by atoms with Crippen molar-refractivity contribution in [1.29, 1.82) is 0 Å². The summed E-state index contributed by atoms with van der Waals surface area (Å²) >= 11 is 0. The summed E-state index contributed by atoms with van der Waals surface area (Å²) in [6.07, 6.45) is 10.2. The van der Waals surface area contributed by atoms with Gasteiger partial charge in [0.25, 0.3) is 0 Å². The van der Waals surface area contributed by atoms with Crippen LogP contribution < -0.4 is 0 Å². The Kier molecular flexibility index (Phi) is 28.9. The predicted octanol–water partition coefficient (Wildman–Crippen LogP) is 20.3. The second kappa shape index (κ2) is 32.1. The first kappa shape index (κ1) is 59.3. The van der Waals surface area contributed by atoms with Crippen molar-refractivity contribution >= 4 is 0 Å². The smallest absolute Gasteiger partial charge is 0.00714 e. The van der Waals surface area contributed by atoms with E-state index in [-0.39, 0.29) is 0 Å². The molecular formula is C66H96. The lowest BCUT2D eigenvalue weighted by Crippen LogP contribution is -2.05. The fourth-order valence-electron chi connectivity index (χ4n) is 9.52. The SMILES string of the molecule is CCC.CCC.CCCCc1c(C)cccc1C.CCCCc1c(C)cccc1C.Cc1cccc(C)c1C(C)c1c(C)cccc1C.Cc1cccc(C)c1C(C)c1c(C)cccc1C. The van der Waals surface area contributed by atoms with Gasteiger partial charge in [0.1, 0.15) is 0 Å². The van der Waals surface area contributed by atoms with E-state index in [1.807, 2.05) is 0 Å². The third-order valence-electron chi connectivity index (χ3n) is 12.8. The third-order valence-corrected chi connectivity index (χ3v) is 12.8. The molecule has 0 N–H and O–H groups in total. The molecule has 0 heterocycles. The molecule has 0 nitrogen and oxygen atoms in total. The van der Waals surface area contributed by atoms with Crippen molar-refractivity contribution in [2.24, 2.45) is 0 Å². The van der Waals surface area contributed by atoms with Crippen LogP contribution >= 0.6 is 0 Å². The Morgan fingerprint density at radius 2 is 0.424 bits per heavy atom. The van der Waals surface area contributed by atoms with E-state index in [1.54, 1.807) is 11.1 Å². The van der Waals surface area contributed by atoms with Gasteiger partial charge in [-0.1, -0.05) is 190 Å². The lowest BCUT2D eigenvalue weighted by molar-refractivity contribution is 0.787. The fraction of sp³-hybridized carbons (Fsp3) is 0.455. The largest absolute Gasteiger partial charge is 0.0656 e. The molecule has 0 heteroatoms. The minimum absolute atomic E-state index is 0.465. The van der Waals surface area contributed by atoms with Crippen molar-refractivity contribution in [3.63, 3.8) is 0 Å². The number of aryl methyl sites for hydroxylation is 12. The van der Waals surface area contributed by atoms with Gasteiger partial charge in [0.05, 0.1) is 0 Å². The number of benzene rings is 6. The highest BCUT2D eigenvalue weighted by Crippen LogP contribution is 2.34. The van der Waals surface area contributed by atoms with E-state index in [0.29, 0.717) is 11.8 Å². The molecule has 0 aliphatic rings. The fourth-order valence-corrected chi connectivity index (χ4v) is 9.52. The van der Waals surface area contributed by atoms with E-state index < -0.39 is 0 Å². The number of rotatable bonds is 10. The summed E-state index contributed by atoms with van der Waals surface area (Å²) < 4.78 is 0. The highest BCUT2D eigenvalue weighted by atomic mass is 14.2. The number of hydrogen-bond donors (Lipinski definition) is 0. The molecule has 6 rings (SSSR count). The molecule has 0 aliphatic heterocycles. The summed E-state index contributed by atoms with van der Waals surface area (Å²) in [7, 11) is 0. The molecule has 66 heavy (non-hydrogen) atoms. The van der Waals surface area contributed by atoms with Crippen LogP contribution in [0.2, 0.25) is 0 Å². The Labute approximate surface area is 409 Å². The second-order valence-corrected chi connectivity index (χ2v) is 19.0. The molecule has 0 saturated carbocycles. The van der Waals surface area contributed by atoms with Gasteiger partial charge in [0.15, 0.2) is 0 Å². The van der Waals surface area contributed by atoms with Crippen molar-refractivity contribution in [3.05, 3.63) is 209 Å². The molecular weight excluding hydrogens is 793 g/mol. The summed E-state index contributed by atoms with van der Waals surface area (Å²) in [4.78, 5) is 0. The minimum atomic E-state index is 0.465. The highest BCUT2D eigenvalue weighted by molar-refractivity contribution is 5.48. The van der Waals surface area contributed by atoms with Gasteiger partial charge in [-0.15, -0.1) is 0 Å². The molecule has 0 aromatic heterocycles. The summed E-state index contributed by atoms with van der Waals surface area (Å²) in [6.45, 7) is 44.2. The van der Waals surface area contributed by atoms with Gasteiger partial charge in [-0.05, 0) is 209 Å². The standard InChI is InChI=1S/2C18H22.2C12H18.2C3H8/c2*1-12-8-6-9-13(2)17(12)16(5)18-14(3)10-7-11-15(18)4;2*1-4-5-9-12-10(2)7-6-8-11(12)3;2*1-3-2/h2*6-11,16H,1-5H3;2*6-8H,4-5,9H2,1-3H3;2*3H2,1-2H3. The Bertz CT molecular complexity index is 1890. The first-order chi connectivity index (χ1) is 31.4. The van der Waals surface area contributed by atoms with Gasteiger partial charge in [0, 0.05) is 11.8 Å². The lowest BCUT2D eigenvalue weighted by atomic mass is 9.83. The van der Waals surface area contributed by atoms with Gasteiger partial charge in [-0.3, -0.25) is 0 Å². The predicted molar refractivity (Wildman–Crippen MR) is 300 cm³/mol. The van der Waals surface area contributed by atoms with Gasteiger partial charge >= 0.3 is 0 Å². The zero-order valence-electron chi connectivity index (χ0n) is 46.2. The van der Waals surface area contributed by atoms with Crippen molar-refractivity contribution in [2.75, 3.05) is 0 Å². The van der Waals surface area contributed by atoms with Crippen molar-refractivity contribution in [3.8, 4) is 0 Å². The zero-order chi connectivity index (χ0) is 49.9. The maximum atomic E-state index is 2.32. The molecule has 360 valence electrons. The van der Waals surface area contributed by atoms with Crippen LogP contribution in [-0.4, -0.2) is 0 Å². The molecule has 0 aliphatic carbocycles. The summed E-state index contributed by atoms with van der Waals surface area (Å²) in [5.41, 5.74) is 26.0. The van der Waals surface area contributed by atoms with Gasteiger partial charge in [-0.2, -0.15) is 0 Å². The van der Waals surface area contributed by atoms with Crippen LogP contribution in [0.3, 0.4) is 0 Å². The van der Waals surface area contributed by atoms with Crippen LogP contribution in [0.4, 0.5) is 0 Å². The molecule has 6 aromatic carbocycles. The molecule has 0 atom stereocenters. The molecule has 0 radical (unpaired) electrons. The Hall–Kier alpha value is -4.68. The van der Waals surface area contributed by atoms with E-state index in [2.05, 4.69) is 248 Å². The topological polar surface area (TPSA) is 0 Å². The van der Waals surface area contributed by atoms with Crippen molar-refractivity contribution in [1.82, 2.24) is 0 Å². The minimum Gasteiger partial charge on any atom is -0.0656 e. The second-order valence-electron chi connectivity index (χ2n) is 19.0. The van der Waals surface area contributed by atoms with Crippen molar-refractivity contribution < 1.29 is 0 Å².